The molecule has 0 unspecified atom stereocenters. The number of aromatic nitrogens is 4. The van der Waals surface area contributed by atoms with Gasteiger partial charge in [0.05, 0.1) is 29.4 Å². The van der Waals surface area contributed by atoms with Gasteiger partial charge < -0.3 is 4.74 Å². The lowest BCUT2D eigenvalue weighted by Crippen LogP contribution is -2.19. The van der Waals surface area contributed by atoms with Gasteiger partial charge in [0.2, 0.25) is 0 Å². The molecule has 4 aromatic rings. The Bertz CT molecular complexity index is 1270. The molecule has 0 spiro atoms. The lowest BCUT2D eigenvalue weighted by atomic mass is 10.2. The summed E-state index contributed by atoms with van der Waals surface area (Å²) in [7, 11) is 1.29. The predicted octanol–water partition coefficient (Wildman–Crippen LogP) is 3.44. The quantitative estimate of drug-likeness (QED) is 0.479. The second kappa shape index (κ2) is 6.37. The molecule has 0 aliphatic heterocycles. The van der Waals surface area contributed by atoms with E-state index >= 15 is 0 Å². The van der Waals surface area contributed by atoms with Crippen LogP contribution in [-0.2, 0) is 4.74 Å². The molecule has 1 aromatic carbocycles. The number of nitrogens with zero attached hydrogens (tertiary/aromatic N) is 4. The van der Waals surface area contributed by atoms with Crippen LogP contribution in [0.15, 0.2) is 41.5 Å². The van der Waals surface area contributed by atoms with Crippen LogP contribution in [0.5, 0.6) is 0 Å². The van der Waals surface area contributed by atoms with Gasteiger partial charge in [-0.2, -0.15) is 5.10 Å². The second-order valence-corrected chi connectivity index (χ2v) is 6.74. The minimum atomic E-state index is -0.531. The number of carbonyl (C=O) groups is 1. The van der Waals surface area contributed by atoms with Gasteiger partial charge in [0.15, 0.2) is 5.65 Å². The number of methoxy groups -OCH3 is 1. The largest absolute Gasteiger partial charge is 0.465 e. The number of aryl methyl sites for hydroxylation is 1. The van der Waals surface area contributed by atoms with Crippen LogP contribution in [0.4, 0.5) is 0 Å². The Morgan fingerprint density at radius 1 is 1.19 bits per heavy atom. The summed E-state index contributed by atoms with van der Waals surface area (Å²) in [6, 6.07) is 6.58. The van der Waals surface area contributed by atoms with E-state index in [4.69, 9.17) is 27.9 Å². The SMILES string of the molecule is COC(=O)c1c(C)nn2c1ncc1c(=O)n(-c3cc(Cl)cc(Cl)c3)ccc12. The molecule has 136 valence electrons. The van der Waals surface area contributed by atoms with Crippen molar-refractivity contribution in [2.24, 2.45) is 0 Å². The lowest BCUT2D eigenvalue weighted by Gasteiger charge is -2.09. The van der Waals surface area contributed by atoms with E-state index in [0.29, 0.717) is 38.0 Å². The highest BCUT2D eigenvalue weighted by Gasteiger charge is 2.21. The van der Waals surface area contributed by atoms with E-state index in [-0.39, 0.29) is 11.1 Å². The minimum absolute atomic E-state index is 0.269. The number of rotatable bonds is 2. The van der Waals surface area contributed by atoms with E-state index in [2.05, 4.69) is 10.1 Å². The average Bonchev–Trinajstić information content (AvgIpc) is 2.96. The maximum absolute atomic E-state index is 13.0. The first-order valence-electron chi connectivity index (χ1n) is 7.85. The van der Waals surface area contributed by atoms with Crippen molar-refractivity contribution < 1.29 is 9.53 Å². The summed E-state index contributed by atoms with van der Waals surface area (Å²) in [5.74, 6) is -0.531. The Balaban J connectivity index is 2.01. The fourth-order valence-electron chi connectivity index (χ4n) is 3.00. The Morgan fingerprint density at radius 2 is 1.89 bits per heavy atom. The molecule has 3 aromatic heterocycles. The van der Waals surface area contributed by atoms with Crippen molar-refractivity contribution in [2.75, 3.05) is 7.11 Å². The van der Waals surface area contributed by atoms with Crippen LogP contribution in [0, 0.1) is 6.92 Å². The van der Waals surface area contributed by atoms with Crippen molar-refractivity contribution in [3.05, 3.63) is 68.3 Å². The standard InChI is InChI=1S/C18H12Cl2N4O3/c1-9-15(18(26)27-2)16-21-8-13-14(24(16)22-9)3-4-23(17(13)25)12-6-10(19)5-11(20)7-12/h3-8H,1-2H3. The highest BCUT2D eigenvalue weighted by atomic mass is 35.5. The predicted molar refractivity (Wildman–Crippen MR) is 102 cm³/mol. The molecule has 0 N–H and O–H groups in total. The summed E-state index contributed by atoms with van der Waals surface area (Å²) in [5.41, 5.74) is 1.81. The van der Waals surface area contributed by atoms with Gasteiger partial charge in [0.25, 0.3) is 5.56 Å². The molecule has 9 heteroatoms. The molecule has 0 saturated heterocycles. The third kappa shape index (κ3) is 2.75. The molecule has 0 aliphatic rings. The zero-order valence-corrected chi connectivity index (χ0v) is 15.7. The molecule has 0 amide bonds. The van der Waals surface area contributed by atoms with Crippen LogP contribution in [0.3, 0.4) is 0 Å². The molecule has 4 rings (SSSR count). The fourth-order valence-corrected chi connectivity index (χ4v) is 3.51. The first-order chi connectivity index (χ1) is 12.9. The number of benzene rings is 1. The molecule has 0 radical (unpaired) electrons. The van der Waals surface area contributed by atoms with Crippen LogP contribution in [0.2, 0.25) is 10.0 Å². The van der Waals surface area contributed by atoms with E-state index in [1.807, 2.05) is 0 Å². The number of carbonyl (C=O) groups excluding carboxylic acids is 1. The zero-order valence-electron chi connectivity index (χ0n) is 14.2. The second-order valence-electron chi connectivity index (χ2n) is 5.86. The maximum Gasteiger partial charge on any atom is 0.343 e. The van der Waals surface area contributed by atoms with Gasteiger partial charge in [-0.3, -0.25) is 9.36 Å². The van der Waals surface area contributed by atoms with Crippen molar-refractivity contribution >= 4 is 45.7 Å². The van der Waals surface area contributed by atoms with Crippen molar-refractivity contribution in [3.8, 4) is 5.69 Å². The molecule has 0 saturated carbocycles. The number of hydrogen-bond acceptors (Lipinski definition) is 5. The Hall–Kier alpha value is -2.90. The summed E-state index contributed by atoms with van der Waals surface area (Å²) < 4.78 is 7.68. The van der Waals surface area contributed by atoms with Crippen LogP contribution in [0.25, 0.3) is 22.2 Å². The number of pyridine rings is 1. The Morgan fingerprint density at radius 3 is 2.56 bits per heavy atom. The number of fused-ring (bicyclic) bond motifs is 3. The number of ether oxygens (including phenoxy) is 1. The summed E-state index contributed by atoms with van der Waals surface area (Å²) in [6.07, 6.45) is 3.02. The minimum Gasteiger partial charge on any atom is -0.465 e. The van der Waals surface area contributed by atoms with E-state index in [1.165, 1.54) is 22.4 Å². The smallest absolute Gasteiger partial charge is 0.343 e. The summed E-state index contributed by atoms with van der Waals surface area (Å²) in [4.78, 5) is 29.3. The van der Waals surface area contributed by atoms with Crippen molar-refractivity contribution in [3.63, 3.8) is 0 Å². The molecule has 0 aliphatic carbocycles. The Labute approximate surface area is 162 Å². The first kappa shape index (κ1) is 17.5. The molecule has 27 heavy (non-hydrogen) atoms. The highest BCUT2D eigenvalue weighted by molar-refractivity contribution is 6.34. The summed E-state index contributed by atoms with van der Waals surface area (Å²) in [5, 5.41) is 5.52. The van der Waals surface area contributed by atoms with Gasteiger partial charge in [-0.25, -0.2) is 14.3 Å². The molecular weight excluding hydrogens is 391 g/mol. The fraction of sp³-hybridized carbons (Fsp3) is 0.111. The topological polar surface area (TPSA) is 78.5 Å². The molecule has 0 bridgehead atoms. The number of hydrogen-bond donors (Lipinski definition) is 0. The van der Waals surface area contributed by atoms with E-state index in [9.17, 15) is 9.59 Å². The lowest BCUT2D eigenvalue weighted by molar-refractivity contribution is 0.0602. The van der Waals surface area contributed by atoms with Crippen molar-refractivity contribution in [1.82, 2.24) is 19.2 Å². The number of halogens is 2. The van der Waals surface area contributed by atoms with E-state index in [1.54, 1.807) is 37.4 Å². The van der Waals surface area contributed by atoms with Crippen LogP contribution in [-0.4, -0.2) is 32.2 Å². The monoisotopic (exact) mass is 402 g/mol. The van der Waals surface area contributed by atoms with Crippen molar-refractivity contribution in [2.45, 2.75) is 6.92 Å². The third-order valence-electron chi connectivity index (χ3n) is 4.20. The van der Waals surface area contributed by atoms with Gasteiger partial charge in [-0.1, -0.05) is 23.2 Å². The van der Waals surface area contributed by atoms with Crippen LogP contribution >= 0.6 is 23.2 Å². The van der Waals surface area contributed by atoms with E-state index < -0.39 is 5.97 Å². The molecular formula is C18H12Cl2N4O3. The van der Waals surface area contributed by atoms with Gasteiger partial charge in [-0.05, 0) is 31.2 Å². The highest BCUT2D eigenvalue weighted by Crippen LogP contribution is 2.23. The van der Waals surface area contributed by atoms with Crippen LogP contribution < -0.4 is 5.56 Å². The summed E-state index contributed by atoms with van der Waals surface area (Å²) >= 11 is 12.1. The molecule has 7 nitrogen and oxygen atoms in total. The van der Waals surface area contributed by atoms with Gasteiger partial charge in [0, 0.05) is 22.4 Å². The average molecular weight is 403 g/mol. The normalized spacial score (nSPS) is 11.3. The summed E-state index contributed by atoms with van der Waals surface area (Å²) in [6.45, 7) is 1.68. The third-order valence-corrected chi connectivity index (χ3v) is 4.64. The molecule has 3 heterocycles. The number of esters is 1. The van der Waals surface area contributed by atoms with Gasteiger partial charge in [0.1, 0.15) is 5.56 Å². The van der Waals surface area contributed by atoms with Gasteiger partial charge >= 0.3 is 5.97 Å². The van der Waals surface area contributed by atoms with Crippen LogP contribution in [0.1, 0.15) is 16.1 Å². The maximum atomic E-state index is 13.0. The first-order valence-corrected chi connectivity index (χ1v) is 8.61. The molecule has 0 fully saturated rings. The molecule has 0 atom stereocenters. The zero-order chi connectivity index (χ0) is 19.3. The van der Waals surface area contributed by atoms with Crippen molar-refractivity contribution in [1.29, 1.82) is 0 Å². The Kier molecular flexibility index (Phi) is 4.13. The van der Waals surface area contributed by atoms with E-state index in [0.717, 1.165) is 0 Å². The van der Waals surface area contributed by atoms with Gasteiger partial charge in [-0.15, -0.1) is 0 Å².